The van der Waals surface area contributed by atoms with E-state index in [0.29, 0.717) is 12.6 Å². The molecule has 16 heavy (non-hydrogen) atoms. The van der Waals surface area contributed by atoms with Gasteiger partial charge in [0, 0.05) is 25.3 Å². The SMILES string of the molecule is CN(C)CC1CC(O)CN1c1ccccn1. The summed E-state index contributed by atoms with van der Waals surface area (Å²) < 4.78 is 0. The molecule has 88 valence electrons. The van der Waals surface area contributed by atoms with Crippen LogP contribution in [-0.2, 0) is 0 Å². The molecule has 0 aliphatic carbocycles. The monoisotopic (exact) mass is 221 g/mol. The maximum absolute atomic E-state index is 9.76. The fraction of sp³-hybridized carbons (Fsp3) is 0.583. The maximum atomic E-state index is 9.76. The quantitative estimate of drug-likeness (QED) is 0.810. The molecule has 0 bridgehead atoms. The van der Waals surface area contributed by atoms with Crippen LogP contribution in [0, 0.1) is 0 Å². The lowest BCUT2D eigenvalue weighted by Crippen LogP contribution is -2.38. The van der Waals surface area contributed by atoms with Crippen molar-refractivity contribution in [2.45, 2.75) is 18.6 Å². The van der Waals surface area contributed by atoms with Crippen molar-refractivity contribution in [3.8, 4) is 0 Å². The second-order valence-electron chi connectivity index (χ2n) is 4.65. The van der Waals surface area contributed by atoms with E-state index in [-0.39, 0.29) is 6.10 Å². The Morgan fingerprint density at radius 2 is 2.31 bits per heavy atom. The van der Waals surface area contributed by atoms with E-state index in [1.165, 1.54) is 0 Å². The van der Waals surface area contributed by atoms with E-state index in [0.717, 1.165) is 18.8 Å². The summed E-state index contributed by atoms with van der Waals surface area (Å²) in [7, 11) is 4.11. The van der Waals surface area contributed by atoms with Gasteiger partial charge in [-0.1, -0.05) is 6.07 Å². The highest BCUT2D eigenvalue weighted by atomic mass is 16.3. The van der Waals surface area contributed by atoms with Gasteiger partial charge in [-0.15, -0.1) is 0 Å². The number of anilines is 1. The number of aliphatic hydroxyl groups excluding tert-OH is 1. The van der Waals surface area contributed by atoms with E-state index in [1.807, 2.05) is 18.2 Å². The average Bonchev–Trinajstić information content (AvgIpc) is 2.60. The first-order valence-electron chi connectivity index (χ1n) is 5.67. The largest absolute Gasteiger partial charge is 0.391 e. The number of aromatic nitrogens is 1. The lowest BCUT2D eigenvalue weighted by Gasteiger charge is -2.27. The van der Waals surface area contributed by atoms with E-state index >= 15 is 0 Å². The zero-order valence-corrected chi connectivity index (χ0v) is 9.87. The number of aliphatic hydroxyl groups is 1. The van der Waals surface area contributed by atoms with Crippen LogP contribution < -0.4 is 4.90 Å². The molecule has 0 saturated carbocycles. The smallest absolute Gasteiger partial charge is 0.128 e. The molecule has 0 radical (unpaired) electrons. The summed E-state index contributed by atoms with van der Waals surface area (Å²) >= 11 is 0. The van der Waals surface area contributed by atoms with Crippen LogP contribution in [0.1, 0.15) is 6.42 Å². The lowest BCUT2D eigenvalue weighted by atomic mass is 10.2. The molecule has 1 aromatic rings. The minimum Gasteiger partial charge on any atom is -0.391 e. The highest BCUT2D eigenvalue weighted by Gasteiger charge is 2.31. The van der Waals surface area contributed by atoms with Gasteiger partial charge in [0.2, 0.25) is 0 Å². The van der Waals surface area contributed by atoms with Gasteiger partial charge in [-0.25, -0.2) is 4.98 Å². The number of hydrogen-bond donors (Lipinski definition) is 1. The van der Waals surface area contributed by atoms with Gasteiger partial charge in [0.1, 0.15) is 5.82 Å². The van der Waals surface area contributed by atoms with Gasteiger partial charge in [0.05, 0.1) is 6.10 Å². The Morgan fingerprint density at radius 1 is 1.50 bits per heavy atom. The van der Waals surface area contributed by atoms with Crippen molar-refractivity contribution in [1.82, 2.24) is 9.88 Å². The molecule has 1 aliphatic heterocycles. The molecule has 0 aromatic carbocycles. The molecule has 1 aliphatic rings. The molecule has 2 heterocycles. The van der Waals surface area contributed by atoms with Crippen molar-refractivity contribution in [3.05, 3.63) is 24.4 Å². The van der Waals surface area contributed by atoms with Crippen LogP contribution in [-0.4, -0.2) is 54.3 Å². The number of hydrogen-bond acceptors (Lipinski definition) is 4. The van der Waals surface area contributed by atoms with E-state index in [2.05, 4.69) is 28.9 Å². The van der Waals surface area contributed by atoms with Crippen molar-refractivity contribution < 1.29 is 5.11 Å². The summed E-state index contributed by atoms with van der Waals surface area (Å²) in [4.78, 5) is 8.70. The second-order valence-corrected chi connectivity index (χ2v) is 4.65. The third-order valence-electron chi connectivity index (χ3n) is 2.91. The fourth-order valence-corrected chi connectivity index (χ4v) is 2.29. The fourth-order valence-electron chi connectivity index (χ4n) is 2.29. The molecule has 1 aromatic heterocycles. The van der Waals surface area contributed by atoms with Crippen molar-refractivity contribution in [2.24, 2.45) is 0 Å². The third kappa shape index (κ3) is 2.51. The van der Waals surface area contributed by atoms with Crippen LogP contribution in [0.4, 0.5) is 5.82 Å². The minimum atomic E-state index is -0.230. The van der Waals surface area contributed by atoms with Gasteiger partial charge >= 0.3 is 0 Å². The summed E-state index contributed by atoms with van der Waals surface area (Å²) in [5, 5.41) is 9.76. The normalized spacial score (nSPS) is 25.4. The molecule has 0 spiro atoms. The van der Waals surface area contributed by atoms with Gasteiger partial charge in [-0.2, -0.15) is 0 Å². The van der Waals surface area contributed by atoms with Crippen LogP contribution >= 0.6 is 0 Å². The molecule has 0 amide bonds. The molecule has 2 unspecified atom stereocenters. The van der Waals surface area contributed by atoms with Crippen LogP contribution in [0.2, 0.25) is 0 Å². The van der Waals surface area contributed by atoms with Crippen LogP contribution in [0.15, 0.2) is 24.4 Å². The Kier molecular flexibility index (Phi) is 3.41. The minimum absolute atomic E-state index is 0.230. The molecule has 1 N–H and O–H groups in total. The Bertz CT molecular complexity index is 328. The predicted octanol–water partition coefficient (Wildman–Crippen LogP) is 0.583. The summed E-state index contributed by atoms with van der Waals surface area (Å²) in [6.45, 7) is 1.64. The zero-order chi connectivity index (χ0) is 11.5. The third-order valence-corrected chi connectivity index (χ3v) is 2.91. The van der Waals surface area contributed by atoms with E-state index in [9.17, 15) is 5.11 Å². The van der Waals surface area contributed by atoms with Crippen molar-refractivity contribution in [2.75, 3.05) is 32.1 Å². The van der Waals surface area contributed by atoms with Gasteiger partial charge < -0.3 is 14.9 Å². The van der Waals surface area contributed by atoms with Gasteiger partial charge in [0.15, 0.2) is 0 Å². The van der Waals surface area contributed by atoms with Crippen molar-refractivity contribution in [1.29, 1.82) is 0 Å². The summed E-state index contributed by atoms with van der Waals surface area (Å²) in [5.74, 6) is 0.964. The predicted molar refractivity (Wildman–Crippen MR) is 64.5 cm³/mol. The highest BCUT2D eigenvalue weighted by molar-refractivity contribution is 5.41. The Hall–Kier alpha value is -1.13. The first-order valence-corrected chi connectivity index (χ1v) is 5.67. The standard InChI is InChI=1S/C12H19N3O/c1-14(2)8-10-7-11(16)9-15(10)12-5-3-4-6-13-12/h3-6,10-11,16H,7-9H2,1-2H3. The van der Waals surface area contributed by atoms with E-state index < -0.39 is 0 Å². The topological polar surface area (TPSA) is 39.6 Å². The molecule has 4 heteroatoms. The molecule has 4 nitrogen and oxygen atoms in total. The van der Waals surface area contributed by atoms with Gasteiger partial charge in [-0.05, 0) is 32.6 Å². The summed E-state index contributed by atoms with van der Waals surface area (Å²) in [5.41, 5.74) is 0. The van der Waals surface area contributed by atoms with Gasteiger partial charge in [-0.3, -0.25) is 0 Å². The number of nitrogens with zero attached hydrogens (tertiary/aromatic N) is 3. The molecular weight excluding hydrogens is 202 g/mol. The van der Waals surface area contributed by atoms with Crippen molar-refractivity contribution >= 4 is 5.82 Å². The lowest BCUT2D eigenvalue weighted by molar-refractivity contribution is 0.191. The van der Waals surface area contributed by atoms with Crippen LogP contribution in [0.5, 0.6) is 0 Å². The van der Waals surface area contributed by atoms with Crippen molar-refractivity contribution in [3.63, 3.8) is 0 Å². The number of pyridine rings is 1. The van der Waals surface area contributed by atoms with Crippen LogP contribution in [0.25, 0.3) is 0 Å². The first-order chi connectivity index (χ1) is 7.66. The Labute approximate surface area is 96.5 Å². The Morgan fingerprint density at radius 3 is 2.94 bits per heavy atom. The van der Waals surface area contributed by atoms with Gasteiger partial charge in [0.25, 0.3) is 0 Å². The Balaban J connectivity index is 2.12. The molecule has 1 fully saturated rings. The first kappa shape index (κ1) is 11.4. The number of likely N-dealkylation sites (N-methyl/N-ethyl adjacent to an activating group) is 1. The molecule has 2 atom stereocenters. The van der Waals surface area contributed by atoms with Crippen LogP contribution in [0.3, 0.4) is 0 Å². The zero-order valence-electron chi connectivity index (χ0n) is 9.87. The van der Waals surface area contributed by atoms with E-state index in [1.54, 1.807) is 6.20 Å². The van der Waals surface area contributed by atoms with E-state index in [4.69, 9.17) is 0 Å². The average molecular weight is 221 g/mol. The molecule has 2 rings (SSSR count). The molecular formula is C12H19N3O. The highest BCUT2D eigenvalue weighted by Crippen LogP contribution is 2.23. The molecule has 1 saturated heterocycles. The number of β-amino-alcohol motifs (C(OH)–C–C–N with tert-alkyl or cyclic N) is 1. The summed E-state index contributed by atoms with van der Waals surface area (Å²) in [6.07, 6.45) is 2.40. The number of rotatable bonds is 3. The second kappa shape index (κ2) is 4.80. The maximum Gasteiger partial charge on any atom is 0.128 e. The summed E-state index contributed by atoms with van der Waals surface area (Å²) in [6, 6.07) is 6.26.